The van der Waals surface area contributed by atoms with Gasteiger partial charge in [0.05, 0.1) is 16.7 Å². The van der Waals surface area contributed by atoms with Gasteiger partial charge in [0, 0.05) is 22.1 Å². The van der Waals surface area contributed by atoms with Crippen molar-refractivity contribution in [1.29, 1.82) is 0 Å². The van der Waals surface area contributed by atoms with Crippen molar-refractivity contribution in [2.45, 2.75) is 10.9 Å². The van der Waals surface area contributed by atoms with Crippen molar-refractivity contribution in [3.05, 3.63) is 46.7 Å². The molecule has 19 heavy (non-hydrogen) atoms. The first-order valence-corrected chi connectivity index (χ1v) is 7.47. The average molecular weight is 335 g/mol. The van der Waals surface area contributed by atoms with E-state index < -0.39 is 0 Å². The molecule has 2 heterocycles. The number of pyridine rings is 1. The highest BCUT2D eigenvalue weighted by molar-refractivity contribution is 9.10. The van der Waals surface area contributed by atoms with E-state index in [0.717, 1.165) is 37.8 Å². The van der Waals surface area contributed by atoms with Gasteiger partial charge in [-0.05, 0) is 46.3 Å². The number of imidazole rings is 1. The summed E-state index contributed by atoms with van der Waals surface area (Å²) in [5, 5.41) is 0.880. The van der Waals surface area contributed by atoms with Crippen molar-refractivity contribution in [3.63, 3.8) is 0 Å². The Morgan fingerprint density at radius 3 is 2.95 bits per heavy atom. The monoisotopic (exact) mass is 334 g/mol. The predicted octanol–water partition coefficient (Wildman–Crippen LogP) is 3.59. The lowest BCUT2D eigenvalue weighted by molar-refractivity contribution is 1.07. The van der Waals surface area contributed by atoms with Gasteiger partial charge in [-0.25, -0.2) is 4.98 Å². The Morgan fingerprint density at radius 2 is 2.16 bits per heavy atom. The molecule has 0 saturated carbocycles. The summed E-state index contributed by atoms with van der Waals surface area (Å²) in [5.41, 5.74) is 9.40. The van der Waals surface area contributed by atoms with Crippen LogP contribution in [0.15, 0.2) is 46.2 Å². The first-order chi connectivity index (χ1) is 9.20. The maximum Gasteiger partial charge on any atom is 0.166 e. The summed E-state index contributed by atoms with van der Waals surface area (Å²) in [6, 6.07) is 9.65. The molecule has 4 nitrogen and oxygen atoms in total. The minimum absolute atomic E-state index is 0.738. The van der Waals surface area contributed by atoms with E-state index in [0.29, 0.717) is 0 Å². The van der Waals surface area contributed by atoms with Gasteiger partial charge in [0.25, 0.3) is 0 Å². The smallest absolute Gasteiger partial charge is 0.166 e. The summed E-state index contributed by atoms with van der Waals surface area (Å²) in [6.07, 6.45) is 1.80. The molecule has 0 radical (unpaired) electrons. The lowest BCUT2D eigenvalue weighted by atomic mass is 10.3. The number of anilines is 1. The Labute approximate surface area is 123 Å². The van der Waals surface area contributed by atoms with Crippen molar-refractivity contribution >= 4 is 44.4 Å². The summed E-state index contributed by atoms with van der Waals surface area (Å²) in [6.45, 7) is 0. The van der Waals surface area contributed by atoms with Crippen molar-refractivity contribution in [3.8, 4) is 0 Å². The third kappa shape index (κ3) is 2.90. The quantitative estimate of drug-likeness (QED) is 0.567. The van der Waals surface area contributed by atoms with Crippen LogP contribution >= 0.6 is 27.7 Å². The number of rotatable bonds is 3. The zero-order valence-electron chi connectivity index (χ0n) is 9.93. The zero-order valence-corrected chi connectivity index (χ0v) is 12.3. The number of nitrogens with two attached hydrogens (primary N) is 1. The van der Waals surface area contributed by atoms with Gasteiger partial charge in [-0.3, -0.25) is 4.98 Å². The Morgan fingerprint density at radius 1 is 1.26 bits per heavy atom. The number of nitrogens with zero attached hydrogens (tertiary/aromatic N) is 2. The third-order valence-electron chi connectivity index (χ3n) is 2.63. The topological polar surface area (TPSA) is 67.6 Å². The van der Waals surface area contributed by atoms with E-state index in [1.54, 1.807) is 18.0 Å². The number of fused-ring (bicyclic) bond motifs is 1. The van der Waals surface area contributed by atoms with E-state index in [9.17, 15) is 0 Å². The molecular formula is C13H11BrN4S. The van der Waals surface area contributed by atoms with Crippen LogP contribution in [0.1, 0.15) is 5.69 Å². The van der Waals surface area contributed by atoms with Crippen LogP contribution in [0.5, 0.6) is 0 Å². The maximum atomic E-state index is 5.74. The van der Waals surface area contributed by atoms with Gasteiger partial charge in [-0.2, -0.15) is 0 Å². The van der Waals surface area contributed by atoms with E-state index in [-0.39, 0.29) is 0 Å². The molecule has 0 saturated heterocycles. The number of thioether (sulfide) groups is 1. The molecule has 0 unspecified atom stereocenters. The molecular weight excluding hydrogens is 324 g/mol. The lowest BCUT2D eigenvalue weighted by Crippen LogP contribution is -1.86. The molecule has 1 aromatic carbocycles. The van der Waals surface area contributed by atoms with E-state index in [4.69, 9.17) is 5.73 Å². The number of nitrogens with one attached hydrogen (secondary N) is 1. The second kappa shape index (κ2) is 5.22. The lowest BCUT2D eigenvalue weighted by Gasteiger charge is -1.98. The van der Waals surface area contributed by atoms with Crippen LogP contribution in [0.3, 0.4) is 0 Å². The van der Waals surface area contributed by atoms with Crippen LogP contribution in [0.2, 0.25) is 0 Å². The molecule has 0 aliphatic rings. The molecule has 0 bridgehead atoms. The van der Waals surface area contributed by atoms with Gasteiger partial charge < -0.3 is 10.7 Å². The Hall–Kier alpha value is -1.53. The fraction of sp³-hybridized carbons (Fsp3) is 0.0769. The highest BCUT2D eigenvalue weighted by Gasteiger charge is 2.04. The number of aromatic nitrogens is 3. The van der Waals surface area contributed by atoms with E-state index >= 15 is 0 Å². The molecule has 0 aliphatic carbocycles. The van der Waals surface area contributed by atoms with Crippen LogP contribution in [0.25, 0.3) is 11.0 Å². The van der Waals surface area contributed by atoms with Crippen LogP contribution in [0, 0.1) is 0 Å². The first kappa shape index (κ1) is 12.5. The second-order valence-corrected chi connectivity index (χ2v) is 5.95. The predicted molar refractivity (Wildman–Crippen MR) is 82.0 cm³/mol. The number of halogens is 1. The fourth-order valence-corrected chi connectivity index (χ4v) is 2.74. The van der Waals surface area contributed by atoms with Crippen LogP contribution in [0.4, 0.5) is 5.69 Å². The summed E-state index contributed by atoms with van der Waals surface area (Å²) in [5.74, 6) is 0.780. The maximum absolute atomic E-state index is 5.74. The second-order valence-electron chi connectivity index (χ2n) is 4.07. The third-order valence-corrected chi connectivity index (χ3v) is 4.01. The van der Waals surface area contributed by atoms with Crippen molar-refractivity contribution in [1.82, 2.24) is 15.0 Å². The number of aromatic amines is 1. The van der Waals surface area contributed by atoms with Gasteiger partial charge >= 0.3 is 0 Å². The Kier molecular flexibility index (Phi) is 3.44. The van der Waals surface area contributed by atoms with Crippen LogP contribution in [-0.2, 0) is 5.75 Å². The minimum atomic E-state index is 0.738. The summed E-state index contributed by atoms with van der Waals surface area (Å²) >= 11 is 5.00. The van der Waals surface area contributed by atoms with Crippen LogP contribution < -0.4 is 5.73 Å². The number of hydrogen-bond acceptors (Lipinski definition) is 4. The highest BCUT2D eigenvalue weighted by atomic mass is 79.9. The van der Waals surface area contributed by atoms with Gasteiger partial charge in [-0.15, -0.1) is 0 Å². The molecule has 0 aliphatic heterocycles. The van der Waals surface area contributed by atoms with E-state index in [1.807, 2.05) is 30.3 Å². The molecule has 3 aromatic rings. The number of benzene rings is 1. The minimum Gasteiger partial charge on any atom is -0.399 e. The van der Waals surface area contributed by atoms with Gasteiger partial charge in [0.2, 0.25) is 0 Å². The van der Waals surface area contributed by atoms with Crippen molar-refractivity contribution in [2.24, 2.45) is 0 Å². The van der Waals surface area contributed by atoms with Gasteiger partial charge in [-0.1, -0.05) is 11.8 Å². The molecule has 3 N–H and O–H groups in total. The molecule has 6 heteroatoms. The molecule has 96 valence electrons. The highest BCUT2D eigenvalue weighted by Crippen LogP contribution is 2.23. The first-order valence-electron chi connectivity index (χ1n) is 5.69. The zero-order chi connectivity index (χ0) is 13.2. The summed E-state index contributed by atoms with van der Waals surface area (Å²) < 4.78 is 0.987. The number of H-pyrrole nitrogens is 1. The molecule has 0 amide bonds. The van der Waals surface area contributed by atoms with E-state index in [1.165, 1.54) is 0 Å². The Balaban J connectivity index is 1.76. The van der Waals surface area contributed by atoms with Crippen LogP contribution in [-0.4, -0.2) is 15.0 Å². The SMILES string of the molecule is Nc1ccc2nc(SCc3ccc(Br)cn3)[nH]c2c1. The fourth-order valence-electron chi connectivity index (χ4n) is 1.71. The van der Waals surface area contributed by atoms with Crippen molar-refractivity contribution in [2.75, 3.05) is 5.73 Å². The average Bonchev–Trinajstić information content (AvgIpc) is 2.80. The largest absolute Gasteiger partial charge is 0.399 e. The Bertz CT molecular complexity index is 708. The number of nitrogen functional groups attached to an aromatic ring is 1. The molecule has 0 atom stereocenters. The normalized spacial score (nSPS) is 11.0. The molecule has 3 rings (SSSR count). The molecule has 0 spiro atoms. The van der Waals surface area contributed by atoms with Crippen molar-refractivity contribution < 1.29 is 0 Å². The molecule has 0 fully saturated rings. The summed E-state index contributed by atoms with van der Waals surface area (Å²) in [7, 11) is 0. The van der Waals surface area contributed by atoms with Gasteiger partial charge in [0.15, 0.2) is 5.16 Å². The number of hydrogen-bond donors (Lipinski definition) is 2. The summed E-state index contributed by atoms with van der Waals surface area (Å²) in [4.78, 5) is 12.1. The van der Waals surface area contributed by atoms with E-state index in [2.05, 4.69) is 30.9 Å². The standard InChI is InChI=1S/C13H11BrN4S/c14-8-1-3-10(16-6-8)7-19-13-17-11-4-2-9(15)5-12(11)18-13/h1-6H,7,15H2,(H,17,18). The molecule has 2 aromatic heterocycles. The van der Waals surface area contributed by atoms with Gasteiger partial charge in [0.1, 0.15) is 0 Å².